The van der Waals surface area contributed by atoms with Gasteiger partial charge in [-0.25, -0.2) is 0 Å². The Bertz CT molecular complexity index is 976. The first-order valence-corrected chi connectivity index (χ1v) is 12.3. The standard InChI is InChI=1S/C26H33N3O5/c1-28(16-17-8-4-2-5-9-17)14-15-29-22(23(30)27-18-10-6-3-7-11-18)26-13-12-19(34-26)20(25(32)33)21(26)24(29)31/h2,4-5,8-9,12-13,18-22H,3,6-7,10-11,14-16H2,1H3,(H,27,30)(H,32,33). The number of likely N-dealkylation sites (tertiary alicyclic amines) is 1. The van der Waals surface area contributed by atoms with Crippen LogP contribution in [0, 0.1) is 11.8 Å². The molecule has 3 heterocycles. The highest BCUT2D eigenvalue weighted by Gasteiger charge is 2.72. The first-order valence-electron chi connectivity index (χ1n) is 12.3. The first-order chi connectivity index (χ1) is 16.4. The third kappa shape index (κ3) is 3.92. The quantitative estimate of drug-likeness (QED) is 0.566. The number of hydrogen-bond donors (Lipinski definition) is 2. The number of carboxylic acids is 1. The van der Waals surface area contributed by atoms with Crippen LogP contribution in [0.25, 0.3) is 0 Å². The molecule has 3 aliphatic heterocycles. The number of aliphatic carboxylic acids is 1. The Morgan fingerprint density at radius 3 is 2.65 bits per heavy atom. The van der Waals surface area contributed by atoms with Crippen molar-refractivity contribution in [2.24, 2.45) is 11.8 Å². The summed E-state index contributed by atoms with van der Waals surface area (Å²) in [6, 6.07) is 9.29. The molecular formula is C26H33N3O5. The van der Waals surface area contributed by atoms with E-state index >= 15 is 0 Å². The van der Waals surface area contributed by atoms with E-state index in [4.69, 9.17) is 4.74 Å². The summed E-state index contributed by atoms with van der Waals surface area (Å²) in [4.78, 5) is 43.0. The lowest BCUT2D eigenvalue weighted by Gasteiger charge is -2.34. The summed E-state index contributed by atoms with van der Waals surface area (Å²) < 4.78 is 6.15. The molecular weight excluding hydrogens is 434 g/mol. The maximum Gasteiger partial charge on any atom is 0.310 e. The van der Waals surface area contributed by atoms with E-state index in [-0.39, 0.29) is 17.9 Å². The Labute approximate surface area is 199 Å². The molecule has 4 aliphatic rings. The van der Waals surface area contributed by atoms with Gasteiger partial charge in [0.2, 0.25) is 11.8 Å². The lowest BCUT2D eigenvalue weighted by molar-refractivity contribution is -0.149. The average Bonchev–Trinajstić information content (AvgIpc) is 3.46. The number of nitrogens with one attached hydrogen (secondary N) is 1. The van der Waals surface area contributed by atoms with Gasteiger partial charge in [0.05, 0.1) is 12.0 Å². The van der Waals surface area contributed by atoms with E-state index in [1.807, 2.05) is 25.2 Å². The lowest BCUT2D eigenvalue weighted by atomic mass is 9.74. The largest absolute Gasteiger partial charge is 0.481 e. The van der Waals surface area contributed by atoms with Gasteiger partial charge in [-0.1, -0.05) is 61.7 Å². The highest BCUT2D eigenvalue weighted by Crippen LogP contribution is 2.55. The number of fused-ring (bicyclic) bond motifs is 1. The number of ether oxygens (including phenoxy) is 1. The van der Waals surface area contributed by atoms with Crippen molar-refractivity contribution in [3.8, 4) is 0 Å². The van der Waals surface area contributed by atoms with Gasteiger partial charge in [0.25, 0.3) is 0 Å². The van der Waals surface area contributed by atoms with Crippen molar-refractivity contribution in [3.63, 3.8) is 0 Å². The fourth-order valence-electron chi connectivity index (χ4n) is 6.27. The van der Waals surface area contributed by atoms with E-state index in [9.17, 15) is 19.5 Å². The third-order valence-corrected chi connectivity index (χ3v) is 7.88. The van der Waals surface area contributed by atoms with E-state index in [0.717, 1.165) is 31.2 Å². The Kier molecular flexibility index (Phi) is 6.20. The van der Waals surface area contributed by atoms with Crippen molar-refractivity contribution < 1.29 is 24.2 Å². The van der Waals surface area contributed by atoms with Crippen LogP contribution >= 0.6 is 0 Å². The number of hydrogen-bond acceptors (Lipinski definition) is 5. The zero-order valence-electron chi connectivity index (χ0n) is 19.6. The molecule has 0 radical (unpaired) electrons. The molecule has 2 bridgehead atoms. The zero-order chi connectivity index (χ0) is 23.9. The molecule has 8 nitrogen and oxygen atoms in total. The highest BCUT2D eigenvalue weighted by molar-refractivity contribution is 5.99. The monoisotopic (exact) mass is 467 g/mol. The summed E-state index contributed by atoms with van der Waals surface area (Å²) >= 11 is 0. The molecule has 1 spiro atoms. The molecule has 1 saturated carbocycles. The van der Waals surface area contributed by atoms with Gasteiger partial charge >= 0.3 is 5.97 Å². The zero-order valence-corrected chi connectivity index (χ0v) is 19.6. The second kappa shape index (κ2) is 9.15. The van der Waals surface area contributed by atoms with Gasteiger partial charge < -0.3 is 25.0 Å². The Hall–Kier alpha value is -2.71. The number of carbonyl (C=O) groups excluding carboxylic acids is 2. The SMILES string of the molecule is CN(CCN1C(=O)C2C(C(=O)O)C3C=CC2(O3)C1C(=O)NC1CCCCC1)Cc1ccccc1. The fourth-order valence-corrected chi connectivity index (χ4v) is 6.27. The number of carbonyl (C=O) groups is 3. The predicted octanol–water partition coefficient (Wildman–Crippen LogP) is 1.80. The average molecular weight is 468 g/mol. The summed E-state index contributed by atoms with van der Waals surface area (Å²) in [7, 11) is 1.98. The molecule has 5 rings (SSSR count). The van der Waals surface area contributed by atoms with E-state index in [0.29, 0.717) is 19.6 Å². The van der Waals surface area contributed by atoms with Crippen molar-refractivity contribution in [2.75, 3.05) is 20.1 Å². The number of nitrogens with zero attached hydrogens (tertiary/aromatic N) is 2. The van der Waals surface area contributed by atoms with Gasteiger partial charge in [-0.3, -0.25) is 14.4 Å². The Morgan fingerprint density at radius 1 is 1.21 bits per heavy atom. The van der Waals surface area contributed by atoms with Crippen molar-refractivity contribution in [1.82, 2.24) is 15.1 Å². The van der Waals surface area contributed by atoms with Crippen LogP contribution in [0.4, 0.5) is 0 Å². The van der Waals surface area contributed by atoms with Gasteiger partial charge in [-0.15, -0.1) is 0 Å². The van der Waals surface area contributed by atoms with Crippen LogP contribution in [-0.4, -0.2) is 76.6 Å². The molecule has 2 saturated heterocycles. The van der Waals surface area contributed by atoms with Crippen LogP contribution in [-0.2, 0) is 25.7 Å². The van der Waals surface area contributed by atoms with Crippen molar-refractivity contribution >= 4 is 17.8 Å². The maximum atomic E-state index is 13.6. The number of carboxylic acid groups (broad SMARTS) is 1. The molecule has 1 aromatic carbocycles. The van der Waals surface area contributed by atoms with E-state index < -0.39 is 35.6 Å². The second-order valence-electron chi connectivity index (χ2n) is 10.1. The van der Waals surface area contributed by atoms with Gasteiger partial charge in [0, 0.05) is 25.7 Å². The number of amides is 2. The van der Waals surface area contributed by atoms with Gasteiger partial charge in [-0.05, 0) is 25.5 Å². The number of likely N-dealkylation sites (N-methyl/N-ethyl adjacent to an activating group) is 1. The summed E-state index contributed by atoms with van der Waals surface area (Å²) in [6.07, 6.45) is 8.02. The van der Waals surface area contributed by atoms with Crippen LogP contribution in [0.3, 0.4) is 0 Å². The van der Waals surface area contributed by atoms with Crippen LogP contribution in [0.5, 0.6) is 0 Å². The maximum absolute atomic E-state index is 13.6. The molecule has 182 valence electrons. The van der Waals surface area contributed by atoms with Gasteiger partial charge in [-0.2, -0.15) is 0 Å². The molecule has 2 N–H and O–H groups in total. The van der Waals surface area contributed by atoms with E-state index in [1.165, 1.54) is 6.42 Å². The van der Waals surface area contributed by atoms with Crippen molar-refractivity contribution in [1.29, 1.82) is 0 Å². The Balaban J connectivity index is 1.37. The predicted molar refractivity (Wildman–Crippen MR) is 125 cm³/mol. The molecule has 34 heavy (non-hydrogen) atoms. The molecule has 2 amide bonds. The van der Waals surface area contributed by atoms with Crippen molar-refractivity contribution in [2.45, 2.75) is 62.4 Å². The molecule has 3 fully saturated rings. The minimum absolute atomic E-state index is 0.0901. The minimum atomic E-state index is -1.21. The summed E-state index contributed by atoms with van der Waals surface area (Å²) in [5.41, 5.74) is -0.0442. The summed E-state index contributed by atoms with van der Waals surface area (Å²) in [5, 5.41) is 13.0. The van der Waals surface area contributed by atoms with Crippen LogP contribution in [0.15, 0.2) is 42.5 Å². The molecule has 1 aliphatic carbocycles. The highest BCUT2D eigenvalue weighted by atomic mass is 16.5. The third-order valence-electron chi connectivity index (χ3n) is 7.88. The minimum Gasteiger partial charge on any atom is -0.481 e. The second-order valence-corrected chi connectivity index (χ2v) is 10.1. The summed E-state index contributed by atoms with van der Waals surface area (Å²) in [5.74, 6) is -3.42. The lowest BCUT2D eigenvalue weighted by Crippen LogP contribution is -2.57. The molecule has 8 heteroatoms. The number of benzene rings is 1. The normalized spacial score (nSPS) is 32.4. The van der Waals surface area contributed by atoms with Gasteiger partial charge in [0.15, 0.2) is 0 Å². The first kappa shape index (κ1) is 23.1. The van der Waals surface area contributed by atoms with Crippen LogP contribution < -0.4 is 5.32 Å². The summed E-state index contributed by atoms with van der Waals surface area (Å²) in [6.45, 7) is 1.60. The number of rotatable bonds is 8. The van der Waals surface area contributed by atoms with E-state index in [1.54, 1.807) is 17.1 Å². The molecule has 0 aromatic heterocycles. The van der Waals surface area contributed by atoms with Gasteiger partial charge in [0.1, 0.15) is 17.6 Å². The fraction of sp³-hybridized carbons (Fsp3) is 0.577. The molecule has 5 atom stereocenters. The molecule has 5 unspecified atom stereocenters. The van der Waals surface area contributed by atoms with Crippen LogP contribution in [0.2, 0.25) is 0 Å². The Morgan fingerprint density at radius 2 is 1.94 bits per heavy atom. The van der Waals surface area contributed by atoms with Crippen molar-refractivity contribution in [3.05, 3.63) is 48.0 Å². The smallest absolute Gasteiger partial charge is 0.310 e. The van der Waals surface area contributed by atoms with E-state index in [2.05, 4.69) is 22.3 Å². The topological polar surface area (TPSA) is 99.2 Å². The molecule has 1 aromatic rings. The van der Waals surface area contributed by atoms with Crippen LogP contribution in [0.1, 0.15) is 37.7 Å².